The lowest BCUT2D eigenvalue weighted by Gasteiger charge is -2.13. The number of fused-ring (bicyclic) bond motifs is 1. The summed E-state index contributed by atoms with van der Waals surface area (Å²) in [5.74, 6) is 0.934. The normalized spacial score (nSPS) is 16.3. The molecular formula is C18H18N2O. The molecule has 1 aliphatic carbocycles. The minimum Gasteiger partial charge on any atom is -0.489 e. The number of ether oxygens (including phenoxy) is 1. The van der Waals surface area contributed by atoms with Gasteiger partial charge in [0.2, 0.25) is 0 Å². The van der Waals surface area contributed by atoms with Crippen LogP contribution in [0.2, 0.25) is 0 Å². The van der Waals surface area contributed by atoms with E-state index in [2.05, 4.69) is 12.1 Å². The Morgan fingerprint density at radius 2 is 2.19 bits per heavy atom. The Morgan fingerprint density at radius 1 is 1.33 bits per heavy atom. The Balaban J connectivity index is 1.79. The molecule has 1 atom stereocenters. The molecule has 0 saturated carbocycles. The SMILES string of the molecule is Cc1cc(C#N)ccc1COc1cccc2c1CCC2N. The van der Waals surface area contributed by atoms with E-state index in [4.69, 9.17) is 15.7 Å². The van der Waals surface area contributed by atoms with Crippen LogP contribution in [-0.4, -0.2) is 0 Å². The Bertz CT molecular complexity index is 716. The molecule has 0 amide bonds. The van der Waals surface area contributed by atoms with Gasteiger partial charge in [-0.1, -0.05) is 18.2 Å². The summed E-state index contributed by atoms with van der Waals surface area (Å²) in [6, 6.07) is 14.1. The lowest BCUT2D eigenvalue weighted by atomic mass is 10.1. The van der Waals surface area contributed by atoms with Gasteiger partial charge in [-0.2, -0.15) is 5.26 Å². The quantitative estimate of drug-likeness (QED) is 0.936. The molecule has 21 heavy (non-hydrogen) atoms. The molecule has 2 N–H and O–H groups in total. The number of aryl methyl sites for hydroxylation is 1. The van der Waals surface area contributed by atoms with Crippen LogP contribution >= 0.6 is 0 Å². The smallest absolute Gasteiger partial charge is 0.123 e. The van der Waals surface area contributed by atoms with Gasteiger partial charge in [0, 0.05) is 6.04 Å². The zero-order chi connectivity index (χ0) is 14.8. The molecule has 0 saturated heterocycles. The second-order valence-electron chi connectivity index (χ2n) is 5.51. The van der Waals surface area contributed by atoms with Crippen molar-refractivity contribution < 1.29 is 4.74 Å². The van der Waals surface area contributed by atoms with Crippen LogP contribution in [0.25, 0.3) is 0 Å². The third-order valence-electron chi connectivity index (χ3n) is 4.13. The molecule has 3 rings (SSSR count). The summed E-state index contributed by atoms with van der Waals surface area (Å²) < 4.78 is 6.00. The molecule has 0 radical (unpaired) electrons. The van der Waals surface area contributed by atoms with E-state index in [0.717, 1.165) is 29.7 Å². The highest BCUT2D eigenvalue weighted by molar-refractivity contribution is 5.45. The largest absolute Gasteiger partial charge is 0.489 e. The lowest BCUT2D eigenvalue weighted by Crippen LogP contribution is -2.05. The summed E-state index contributed by atoms with van der Waals surface area (Å²) in [6.45, 7) is 2.52. The molecule has 3 nitrogen and oxygen atoms in total. The van der Waals surface area contributed by atoms with Crippen LogP contribution in [-0.2, 0) is 13.0 Å². The molecule has 3 heteroatoms. The first-order valence-corrected chi connectivity index (χ1v) is 7.19. The first-order valence-electron chi connectivity index (χ1n) is 7.19. The summed E-state index contributed by atoms with van der Waals surface area (Å²) in [4.78, 5) is 0. The molecule has 0 aromatic heterocycles. The van der Waals surface area contributed by atoms with Crippen molar-refractivity contribution in [2.45, 2.75) is 32.4 Å². The highest BCUT2D eigenvalue weighted by Gasteiger charge is 2.22. The maximum Gasteiger partial charge on any atom is 0.123 e. The zero-order valence-corrected chi connectivity index (χ0v) is 12.1. The fraction of sp³-hybridized carbons (Fsp3) is 0.278. The minimum atomic E-state index is 0.139. The fourth-order valence-corrected chi connectivity index (χ4v) is 2.87. The third-order valence-corrected chi connectivity index (χ3v) is 4.13. The van der Waals surface area contributed by atoms with Crippen LogP contribution in [0.1, 0.15) is 40.3 Å². The van der Waals surface area contributed by atoms with Gasteiger partial charge in [-0.15, -0.1) is 0 Å². The Labute approximate surface area is 125 Å². The van der Waals surface area contributed by atoms with Gasteiger partial charge in [-0.3, -0.25) is 0 Å². The van der Waals surface area contributed by atoms with Gasteiger partial charge in [0.1, 0.15) is 12.4 Å². The second-order valence-corrected chi connectivity index (χ2v) is 5.51. The monoisotopic (exact) mass is 278 g/mol. The Kier molecular flexibility index (Phi) is 3.64. The van der Waals surface area contributed by atoms with Gasteiger partial charge in [0.05, 0.1) is 11.6 Å². The van der Waals surface area contributed by atoms with Crippen molar-refractivity contribution in [2.24, 2.45) is 5.73 Å². The van der Waals surface area contributed by atoms with Gasteiger partial charge in [0.25, 0.3) is 0 Å². The molecule has 0 aliphatic heterocycles. The van der Waals surface area contributed by atoms with Gasteiger partial charge >= 0.3 is 0 Å². The molecular weight excluding hydrogens is 260 g/mol. The number of hydrogen-bond acceptors (Lipinski definition) is 3. The van der Waals surface area contributed by atoms with Crippen molar-refractivity contribution in [3.8, 4) is 11.8 Å². The predicted octanol–water partition coefficient (Wildman–Crippen LogP) is 3.39. The van der Waals surface area contributed by atoms with Crippen LogP contribution in [0.3, 0.4) is 0 Å². The number of hydrogen-bond donors (Lipinski definition) is 1. The van der Waals surface area contributed by atoms with E-state index in [1.807, 2.05) is 37.3 Å². The molecule has 0 bridgehead atoms. The second kappa shape index (κ2) is 5.59. The van der Waals surface area contributed by atoms with Crippen LogP contribution in [0, 0.1) is 18.3 Å². The van der Waals surface area contributed by atoms with Crippen molar-refractivity contribution in [1.82, 2.24) is 0 Å². The highest BCUT2D eigenvalue weighted by atomic mass is 16.5. The molecule has 0 fully saturated rings. The topological polar surface area (TPSA) is 59.0 Å². The van der Waals surface area contributed by atoms with Crippen LogP contribution in [0.5, 0.6) is 5.75 Å². The summed E-state index contributed by atoms with van der Waals surface area (Å²) in [5, 5.41) is 8.90. The molecule has 0 spiro atoms. The Hall–Kier alpha value is -2.31. The average Bonchev–Trinajstić information content (AvgIpc) is 2.88. The van der Waals surface area contributed by atoms with Crippen LogP contribution in [0.4, 0.5) is 0 Å². The maximum absolute atomic E-state index is 8.90. The summed E-state index contributed by atoms with van der Waals surface area (Å²) >= 11 is 0. The van der Waals surface area contributed by atoms with E-state index in [1.165, 1.54) is 11.1 Å². The number of nitrogens with two attached hydrogens (primary N) is 1. The fourth-order valence-electron chi connectivity index (χ4n) is 2.87. The lowest BCUT2D eigenvalue weighted by molar-refractivity contribution is 0.302. The van der Waals surface area contributed by atoms with Crippen LogP contribution in [0.15, 0.2) is 36.4 Å². The molecule has 2 aromatic rings. The molecule has 1 unspecified atom stereocenters. The first kappa shape index (κ1) is 13.7. The van der Waals surface area contributed by atoms with Crippen molar-refractivity contribution in [1.29, 1.82) is 5.26 Å². The maximum atomic E-state index is 8.90. The number of nitrogens with zero attached hydrogens (tertiary/aromatic N) is 1. The van der Waals surface area contributed by atoms with Crippen molar-refractivity contribution in [2.75, 3.05) is 0 Å². The van der Waals surface area contributed by atoms with Crippen LogP contribution < -0.4 is 10.5 Å². The highest BCUT2D eigenvalue weighted by Crippen LogP contribution is 2.35. The van der Waals surface area contributed by atoms with Gasteiger partial charge in [-0.25, -0.2) is 0 Å². The van der Waals surface area contributed by atoms with E-state index >= 15 is 0 Å². The molecule has 1 aliphatic rings. The summed E-state index contributed by atoms with van der Waals surface area (Å²) in [6.07, 6.45) is 1.98. The van der Waals surface area contributed by atoms with Crippen molar-refractivity contribution >= 4 is 0 Å². The first-order chi connectivity index (χ1) is 10.2. The van der Waals surface area contributed by atoms with Crippen molar-refractivity contribution in [3.63, 3.8) is 0 Å². The standard InChI is InChI=1S/C18H18N2O/c1-12-9-13(10-19)5-6-14(12)11-21-18-4-2-3-15-16(18)7-8-17(15)20/h2-6,9,17H,7-8,11,20H2,1H3. The van der Waals surface area contributed by atoms with E-state index in [9.17, 15) is 0 Å². The number of benzene rings is 2. The predicted molar refractivity (Wildman–Crippen MR) is 81.9 cm³/mol. The summed E-state index contributed by atoms with van der Waals surface area (Å²) in [7, 11) is 0. The molecule has 0 heterocycles. The van der Waals surface area contributed by atoms with E-state index in [-0.39, 0.29) is 6.04 Å². The Morgan fingerprint density at radius 3 is 2.95 bits per heavy atom. The number of nitriles is 1. The van der Waals surface area contributed by atoms with Gasteiger partial charge < -0.3 is 10.5 Å². The van der Waals surface area contributed by atoms with E-state index in [1.54, 1.807) is 0 Å². The van der Waals surface area contributed by atoms with Gasteiger partial charge in [-0.05, 0) is 60.2 Å². The number of rotatable bonds is 3. The van der Waals surface area contributed by atoms with E-state index < -0.39 is 0 Å². The third kappa shape index (κ3) is 2.63. The van der Waals surface area contributed by atoms with Gasteiger partial charge in [0.15, 0.2) is 0 Å². The average molecular weight is 278 g/mol. The minimum absolute atomic E-state index is 0.139. The summed E-state index contributed by atoms with van der Waals surface area (Å²) in [5.41, 5.74) is 11.4. The van der Waals surface area contributed by atoms with E-state index in [0.29, 0.717) is 12.2 Å². The van der Waals surface area contributed by atoms with Crippen molar-refractivity contribution in [3.05, 3.63) is 64.2 Å². The molecule has 2 aromatic carbocycles. The molecule has 106 valence electrons. The zero-order valence-electron chi connectivity index (χ0n) is 12.1.